The summed E-state index contributed by atoms with van der Waals surface area (Å²) in [5.74, 6) is -0.370. The van der Waals surface area contributed by atoms with Crippen molar-refractivity contribution in [3.05, 3.63) is 24.3 Å². The van der Waals surface area contributed by atoms with Gasteiger partial charge < -0.3 is 13.9 Å². The molecule has 0 aliphatic carbocycles. The van der Waals surface area contributed by atoms with Crippen molar-refractivity contribution in [2.24, 2.45) is 0 Å². The zero-order chi connectivity index (χ0) is 20.8. The third-order valence-electron chi connectivity index (χ3n) is 5.17. The van der Waals surface area contributed by atoms with E-state index in [0.717, 1.165) is 0 Å². The van der Waals surface area contributed by atoms with Gasteiger partial charge in [0.2, 0.25) is 0 Å². The molecule has 1 aliphatic heterocycles. The topological polar surface area (TPSA) is 65.1 Å². The van der Waals surface area contributed by atoms with E-state index < -0.39 is 14.4 Å². The van der Waals surface area contributed by atoms with Crippen molar-refractivity contribution >= 4 is 20.4 Å². The SMILES string of the molecule is C=CCOC(=O)N1C[C@H](O[Si](C)(C)C(C)(C)C)C[C@H]1C=C(C)C(=O)OCC. The van der Waals surface area contributed by atoms with E-state index in [9.17, 15) is 9.59 Å². The van der Waals surface area contributed by atoms with Gasteiger partial charge in [0, 0.05) is 12.1 Å². The molecule has 1 saturated heterocycles. The molecule has 0 saturated carbocycles. The Morgan fingerprint density at radius 1 is 1.26 bits per heavy atom. The number of amides is 1. The second kappa shape index (κ2) is 9.55. The summed E-state index contributed by atoms with van der Waals surface area (Å²) in [5, 5.41) is 0.0793. The lowest BCUT2D eigenvalue weighted by Crippen LogP contribution is -2.44. The van der Waals surface area contributed by atoms with Crippen LogP contribution in [0.1, 0.15) is 41.0 Å². The van der Waals surface area contributed by atoms with Crippen LogP contribution in [0.5, 0.6) is 0 Å². The number of rotatable bonds is 7. The predicted molar refractivity (Wildman–Crippen MR) is 109 cm³/mol. The zero-order valence-electron chi connectivity index (χ0n) is 17.8. The summed E-state index contributed by atoms with van der Waals surface area (Å²) >= 11 is 0. The van der Waals surface area contributed by atoms with Crippen molar-refractivity contribution in [1.29, 1.82) is 0 Å². The van der Waals surface area contributed by atoms with Gasteiger partial charge in [-0.1, -0.05) is 39.5 Å². The van der Waals surface area contributed by atoms with Gasteiger partial charge in [0.1, 0.15) is 6.61 Å². The zero-order valence-corrected chi connectivity index (χ0v) is 18.8. The van der Waals surface area contributed by atoms with E-state index >= 15 is 0 Å². The molecule has 7 heteroatoms. The highest BCUT2D eigenvalue weighted by molar-refractivity contribution is 6.74. The highest BCUT2D eigenvalue weighted by Gasteiger charge is 2.43. The quantitative estimate of drug-likeness (QED) is 0.278. The Kier molecular flexibility index (Phi) is 8.29. The Morgan fingerprint density at radius 2 is 1.89 bits per heavy atom. The van der Waals surface area contributed by atoms with Gasteiger partial charge in [-0.25, -0.2) is 9.59 Å². The Morgan fingerprint density at radius 3 is 2.41 bits per heavy atom. The number of carbonyl (C=O) groups excluding carboxylic acids is 2. The standard InChI is InChI=1S/C20H35NO5Si/c1-9-11-25-19(23)21-14-17(26-27(7,8)20(4,5)6)13-16(21)12-15(3)18(22)24-10-2/h9,12,16-17H,1,10-11,13-14H2,2-8H3/t16-,17-/m1/s1. The van der Waals surface area contributed by atoms with Crippen molar-refractivity contribution < 1.29 is 23.5 Å². The largest absolute Gasteiger partial charge is 0.463 e. The molecule has 0 aromatic carbocycles. The fraction of sp³-hybridized carbons (Fsp3) is 0.700. The van der Waals surface area contributed by atoms with Crippen LogP contribution in [-0.2, 0) is 18.7 Å². The summed E-state index contributed by atoms with van der Waals surface area (Å²) in [6.07, 6.45) is 3.44. The van der Waals surface area contributed by atoms with Crippen LogP contribution >= 0.6 is 0 Å². The van der Waals surface area contributed by atoms with Gasteiger partial charge in [-0.15, -0.1) is 0 Å². The highest BCUT2D eigenvalue weighted by Crippen LogP contribution is 2.39. The normalized spacial score (nSPS) is 21.1. The van der Waals surface area contributed by atoms with Crippen molar-refractivity contribution in [3.63, 3.8) is 0 Å². The fourth-order valence-electron chi connectivity index (χ4n) is 2.69. The lowest BCUT2D eigenvalue weighted by molar-refractivity contribution is -0.138. The Bertz CT molecular complexity index is 579. The minimum absolute atomic E-state index is 0.0793. The predicted octanol–water partition coefficient (Wildman–Crippen LogP) is 4.28. The average molecular weight is 398 g/mol. The van der Waals surface area contributed by atoms with Gasteiger partial charge in [-0.05, 0) is 38.4 Å². The number of hydrogen-bond acceptors (Lipinski definition) is 5. The fourth-order valence-corrected chi connectivity index (χ4v) is 4.04. The lowest BCUT2D eigenvalue weighted by Gasteiger charge is -2.38. The van der Waals surface area contributed by atoms with E-state index in [4.69, 9.17) is 13.9 Å². The summed E-state index contributed by atoms with van der Waals surface area (Å²) in [7, 11) is -1.97. The maximum atomic E-state index is 12.5. The molecule has 0 spiro atoms. The molecule has 0 N–H and O–H groups in total. The van der Waals surface area contributed by atoms with E-state index in [2.05, 4.69) is 40.4 Å². The first kappa shape index (κ1) is 23.4. The van der Waals surface area contributed by atoms with Crippen LogP contribution in [0.4, 0.5) is 4.79 Å². The van der Waals surface area contributed by atoms with Crippen LogP contribution in [0.2, 0.25) is 18.1 Å². The van der Waals surface area contributed by atoms with E-state index in [-0.39, 0.29) is 29.8 Å². The summed E-state index contributed by atoms with van der Waals surface area (Å²) < 4.78 is 16.8. The Labute approximate surface area is 164 Å². The molecular weight excluding hydrogens is 362 g/mol. The van der Waals surface area contributed by atoms with Crippen LogP contribution in [0, 0.1) is 0 Å². The number of likely N-dealkylation sites (tertiary alicyclic amines) is 1. The molecule has 0 aromatic heterocycles. The summed E-state index contributed by atoms with van der Waals surface area (Å²) in [6, 6.07) is -0.263. The number of esters is 1. The molecule has 6 nitrogen and oxygen atoms in total. The lowest BCUT2D eigenvalue weighted by atomic mass is 10.1. The molecule has 0 unspecified atom stereocenters. The molecule has 1 rings (SSSR count). The molecule has 1 heterocycles. The molecule has 0 bridgehead atoms. The highest BCUT2D eigenvalue weighted by atomic mass is 28.4. The summed E-state index contributed by atoms with van der Waals surface area (Å²) in [5.41, 5.74) is 0.483. The number of hydrogen-bond donors (Lipinski definition) is 0. The van der Waals surface area contributed by atoms with Gasteiger partial charge in [0.05, 0.1) is 18.8 Å². The van der Waals surface area contributed by atoms with Crippen LogP contribution in [0.25, 0.3) is 0 Å². The third kappa shape index (κ3) is 6.50. The first-order valence-electron chi connectivity index (χ1n) is 9.50. The number of carbonyl (C=O) groups is 2. The van der Waals surface area contributed by atoms with Crippen molar-refractivity contribution in [1.82, 2.24) is 4.90 Å². The van der Waals surface area contributed by atoms with Crippen molar-refractivity contribution in [2.45, 2.75) is 71.3 Å². The minimum Gasteiger partial charge on any atom is -0.463 e. The van der Waals surface area contributed by atoms with Crippen molar-refractivity contribution in [3.8, 4) is 0 Å². The monoisotopic (exact) mass is 397 g/mol. The van der Waals surface area contributed by atoms with Crippen LogP contribution in [0.3, 0.4) is 0 Å². The van der Waals surface area contributed by atoms with Gasteiger partial charge in [-0.3, -0.25) is 4.90 Å². The van der Waals surface area contributed by atoms with E-state index in [1.165, 1.54) is 6.08 Å². The Hall–Kier alpha value is -1.60. The van der Waals surface area contributed by atoms with E-state index in [1.807, 2.05) is 0 Å². The molecule has 154 valence electrons. The molecule has 27 heavy (non-hydrogen) atoms. The maximum absolute atomic E-state index is 12.5. The average Bonchev–Trinajstić information content (AvgIpc) is 2.93. The second-order valence-electron chi connectivity index (χ2n) is 8.39. The first-order valence-corrected chi connectivity index (χ1v) is 12.4. The van der Waals surface area contributed by atoms with E-state index in [1.54, 1.807) is 24.8 Å². The summed E-state index contributed by atoms with van der Waals surface area (Å²) in [4.78, 5) is 26.1. The van der Waals surface area contributed by atoms with Gasteiger partial charge >= 0.3 is 12.1 Å². The van der Waals surface area contributed by atoms with Gasteiger partial charge in [-0.2, -0.15) is 0 Å². The molecule has 0 aromatic rings. The van der Waals surface area contributed by atoms with Crippen LogP contribution in [-0.4, -0.2) is 57.2 Å². The second-order valence-corrected chi connectivity index (χ2v) is 13.1. The number of nitrogens with zero attached hydrogens (tertiary/aromatic N) is 1. The Balaban J connectivity index is 2.99. The summed E-state index contributed by atoms with van der Waals surface area (Å²) in [6.45, 7) is 18.9. The van der Waals surface area contributed by atoms with E-state index in [0.29, 0.717) is 25.1 Å². The molecule has 1 aliphatic rings. The van der Waals surface area contributed by atoms with Crippen LogP contribution < -0.4 is 0 Å². The van der Waals surface area contributed by atoms with Crippen molar-refractivity contribution in [2.75, 3.05) is 19.8 Å². The molecule has 0 radical (unpaired) electrons. The van der Waals surface area contributed by atoms with Gasteiger partial charge in [0.15, 0.2) is 8.32 Å². The molecular formula is C20H35NO5Si. The number of ether oxygens (including phenoxy) is 2. The molecule has 1 fully saturated rings. The minimum atomic E-state index is -1.97. The van der Waals surface area contributed by atoms with Crippen LogP contribution in [0.15, 0.2) is 24.3 Å². The molecule has 1 amide bonds. The first-order chi connectivity index (χ1) is 12.4. The third-order valence-corrected chi connectivity index (χ3v) is 9.71. The molecule has 2 atom stereocenters. The maximum Gasteiger partial charge on any atom is 0.410 e. The smallest absolute Gasteiger partial charge is 0.410 e. The van der Waals surface area contributed by atoms with Gasteiger partial charge in [0.25, 0.3) is 0 Å².